The van der Waals surface area contributed by atoms with Crippen LogP contribution in [0.5, 0.6) is 0 Å². The minimum absolute atomic E-state index is 0.0511. The number of likely N-dealkylation sites (tertiary alicyclic amines) is 1. The summed E-state index contributed by atoms with van der Waals surface area (Å²) in [6, 6.07) is 8.39. The van der Waals surface area contributed by atoms with Gasteiger partial charge in [0.1, 0.15) is 0 Å². The molecule has 1 amide bonds. The third kappa shape index (κ3) is 6.02. The highest BCUT2D eigenvalue weighted by Crippen LogP contribution is 2.19. The molecule has 2 aliphatic heterocycles. The average Bonchev–Trinajstić information content (AvgIpc) is 2.67. The summed E-state index contributed by atoms with van der Waals surface area (Å²) in [5.74, 6) is -0.310. The molecule has 3 rings (SSSR count). The van der Waals surface area contributed by atoms with E-state index in [0.29, 0.717) is 19.6 Å². The van der Waals surface area contributed by atoms with Crippen LogP contribution < -0.4 is 5.32 Å². The number of amides is 1. The van der Waals surface area contributed by atoms with Gasteiger partial charge in [0, 0.05) is 26.2 Å². The lowest BCUT2D eigenvalue weighted by Gasteiger charge is -2.30. The average molecular weight is 394 g/mol. The minimum Gasteiger partial charge on any atom is -0.352 e. The number of hydrogen-bond donors (Lipinski definition) is 1. The van der Waals surface area contributed by atoms with Crippen molar-refractivity contribution in [2.24, 2.45) is 5.92 Å². The monoisotopic (exact) mass is 393 g/mol. The zero-order valence-electron chi connectivity index (χ0n) is 16.2. The van der Waals surface area contributed by atoms with Crippen LogP contribution in [0.15, 0.2) is 24.3 Å². The van der Waals surface area contributed by atoms with E-state index in [1.165, 1.54) is 48.5 Å². The fourth-order valence-electron chi connectivity index (χ4n) is 4.00. The van der Waals surface area contributed by atoms with Crippen LogP contribution in [0.1, 0.15) is 43.2 Å². The van der Waals surface area contributed by atoms with Crippen LogP contribution in [-0.2, 0) is 27.9 Å². The van der Waals surface area contributed by atoms with Gasteiger partial charge < -0.3 is 5.32 Å². The lowest BCUT2D eigenvalue weighted by Crippen LogP contribution is -2.44. The molecule has 0 spiro atoms. The SMILES string of the molecule is CS(=O)(=O)N1CCC[C@H](C(=O)NCc2cccc(CN3CCCCC3)c2)C1. The van der Waals surface area contributed by atoms with Gasteiger partial charge in [-0.15, -0.1) is 0 Å². The van der Waals surface area contributed by atoms with E-state index in [0.717, 1.165) is 24.9 Å². The first kappa shape index (κ1) is 20.3. The Bertz CT molecular complexity index is 745. The molecule has 2 saturated heterocycles. The van der Waals surface area contributed by atoms with Gasteiger partial charge in [0.2, 0.25) is 15.9 Å². The second-order valence-corrected chi connectivity index (χ2v) is 9.82. The van der Waals surface area contributed by atoms with Crippen molar-refractivity contribution in [1.29, 1.82) is 0 Å². The van der Waals surface area contributed by atoms with Crippen molar-refractivity contribution in [3.8, 4) is 0 Å². The fourth-order valence-corrected chi connectivity index (χ4v) is 4.92. The van der Waals surface area contributed by atoms with Crippen molar-refractivity contribution in [3.63, 3.8) is 0 Å². The largest absolute Gasteiger partial charge is 0.352 e. The van der Waals surface area contributed by atoms with E-state index in [1.54, 1.807) is 0 Å². The van der Waals surface area contributed by atoms with E-state index >= 15 is 0 Å². The lowest BCUT2D eigenvalue weighted by atomic mass is 9.98. The third-order valence-corrected chi connectivity index (χ3v) is 6.81. The fraction of sp³-hybridized carbons (Fsp3) is 0.650. The smallest absolute Gasteiger partial charge is 0.224 e. The second kappa shape index (κ2) is 9.17. The van der Waals surface area contributed by atoms with Gasteiger partial charge in [-0.25, -0.2) is 12.7 Å². The van der Waals surface area contributed by atoms with Crippen LogP contribution >= 0.6 is 0 Å². The summed E-state index contributed by atoms with van der Waals surface area (Å²) in [6.45, 7) is 4.59. The highest BCUT2D eigenvalue weighted by Gasteiger charge is 2.29. The number of nitrogens with one attached hydrogen (secondary N) is 1. The van der Waals surface area contributed by atoms with Crippen molar-refractivity contribution in [3.05, 3.63) is 35.4 Å². The molecule has 1 aromatic rings. The highest BCUT2D eigenvalue weighted by molar-refractivity contribution is 7.88. The van der Waals surface area contributed by atoms with Gasteiger partial charge in [0.25, 0.3) is 0 Å². The summed E-state index contributed by atoms with van der Waals surface area (Å²) in [4.78, 5) is 15.0. The maximum atomic E-state index is 12.5. The van der Waals surface area contributed by atoms with E-state index in [1.807, 2.05) is 12.1 Å². The number of carbonyl (C=O) groups is 1. The van der Waals surface area contributed by atoms with Gasteiger partial charge in [-0.05, 0) is 49.9 Å². The number of nitrogens with zero attached hydrogens (tertiary/aromatic N) is 2. The van der Waals surface area contributed by atoms with Crippen LogP contribution in [0.3, 0.4) is 0 Å². The minimum atomic E-state index is -3.23. The standard InChI is InChI=1S/C20H31N3O3S/c1-27(25,26)23-12-6-9-19(16-23)20(24)21-14-17-7-5-8-18(13-17)15-22-10-3-2-4-11-22/h5,7-8,13,19H,2-4,6,9-12,14-16H2,1H3,(H,21,24)/t19-/m0/s1. The van der Waals surface area contributed by atoms with Crippen molar-refractivity contribution in [2.45, 2.75) is 45.2 Å². The molecule has 1 atom stereocenters. The Labute approximate surface area is 163 Å². The summed E-state index contributed by atoms with van der Waals surface area (Å²) >= 11 is 0. The van der Waals surface area contributed by atoms with Crippen LogP contribution in [0.2, 0.25) is 0 Å². The normalized spacial score (nSPS) is 22.5. The molecule has 0 radical (unpaired) electrons. The van der Waals surface area contributed by atoms with Crippen molar-refractivity contribution >= 4 is 15.9 Å². The molecule has 1 N–H and O–H groups in total. The quantitative estimate of drug-likeness (QED) is 0.802. The Morgan fingerprint density at radius 3 is 2.59 bits per heavy atom. The number of hydrogen-bond acceptors (Lipinski definition) is 4. The molecule has 27 heavy (non-hydrogen) atoms. The second-order valence-electron chi connectivity index (χ2n) is 7.83. The van der Waals surface area contributed by atoms with Crippen molar-refractivity contribution < 1.29 is 13.2 Å². The van der Waals surface area contributed by atoms with Gasteiger partial charge in [-0.3, -0.25) is 9.69 Å². The molecule has 7 heteroatoms. The summed E-state index contributed by atoms with van der Waals surface area (Å²) in [6.07, 6.45) is 6.58. The molecule has 2 heterocycles. The molecular weight excluding hydrogens is 362 g/mol. The zero-order chi connectivity index (χ0) is 19.3. The van der Waals surface area contributed by atoms with Crippen molar-refractivity contribution in [2.75, 3.05) is 32.4 Å². The first-order valence-corrected chi connectivity index (χ1v) is 11.8. The predicted octanol–water partition coefficient (Wildman–Crippen LogP) is 1.96. The molecule has 2 fully saturated rings. The highest BCUT2D eigenvalue weighted by atomic mass is 32.2. The van der Waals surface area contributed by atoms with Gasteiger partial charge in [-0.2, -0.15) is 0 Å². The number of carbonyl (C=O) groups excluding carboxylic acids is 1. The topological polar surface area (TPSA) is 69.7 Å². The Morgan fingerprint density at radius 2 is 1.85 bits per heavy atom. The van der Waals surface area contributed by atoms with E-state index in [9.17, 15) is 13.2 Å². The van der Waals surface area contributed by atoms with E-state index < -0.39 is 10.0 Å². The van der Waals surface area contributed by atoms with E-state index in [2.05, 4.69) is 22.3 Å². The molecule has 0 aromatic heterocycles. The summed E-state index contributed by atoms with van der Waals surface area (Å²) in [7, 11) is -3.23. The zero-order valence-corrected chi connectivity index (χ0v) is 17.0. The Hall–Kier alpha value is -1.44. The van der Waals surface area contributed by atoms with Gasteiger partial charge in [0.15, 0.2) is 0 Å². The molecule has 2 aliphatic rings. The maximum Gasteiger partial charge on any atom is 0.224 e. The number of benzene rings is 1. The first-order valence-electron chi connectivity index (χ1n) is 9.95. The molecule has 0 saturated carbocycles. The van der Waals surface area contributed by atoms with Gasteiger partial charge >= 0.3 is 0 Å². The molecule has 0 aliphatic carbocycles. The molecule has 0 bridgehead atoms. The predicted molar refractivity (Wildman–Crippen MR) is 107 cm³/mol. The first-order chi connectivity index (χ1) is 12.9. The van der Waals surface area contributed by atoms with E-state index in [-0.39, 0.29) is 11.8 Å². The van der Waals surface area contributed by atoms with Crippen molar-refractivity contribution in [1.82, 2.24) is 14.5 Å². The molecule has 6 nitrogen and oxygen atoms in total. The maximum absolute atomic E-state index is 12.5. The summed E-state index contributed by atoms with van der Waals surface area (Å²) in [5, 5.41) is 3.00. The number of piperidine rings is 2. The lowest BCUT2D eigenvalue weighted by molar-refractivity contribution is -0.126. The third-order valence-electron chi connectivity index (χ3n) is 5.54. The van der Waals surface area contributed by atoms with Crippen LogP contribution in [0.4, 0.5) is 0 Å². The van der Waals surface area contributed by atoms with Crippen LogP contribution in [0, 0.1) is 5.92 Å². The van der Waals surface area contributed by atoms with Gasteiger partial charge in [-0.1, -0.05) is 30.7 Å². The van der Waals surface area contributed by atoms with Crippen LogP contribution in [-0.4, -0.2) is 56.0 Å². The summed E-state index contributed by atoms with van der Waals surface area (Å²) < 4.78 is 24.9. The molecule has 150 valence electrons. The Kier molecular flexibility index (Phi) is 6.89. The van der Waals surface area contributed by atoms with E-state index in [4.69, 9.17) is 0 Å². The van der Waals surface area contributed by atoms with Gasteiger partial charge in [0.05, 0.1) is 12.2 Å². The number of rotatable bonds is 6. The Balaban J connectivity index is 1.52. The number of sulfonamides is 1. The van der Waals surface area contributed by atoms with Crippen LogP contribution in [0.25, 0.3) is 0 Å². The molecular formula is C20H31N3O3S. The Morgan fingerprint density at radius 1 is 1.11 bits per heavy atom. The summed E-state index contributed by atoms with van der Waals surface area (Å²) in [5.41, 5.74) is 2.37. The molecule has 0 unspecified atom stereocenters. The molecule has 1 aromatic carbocycles.